The van der Waals surface area contributed by atoms with Crippen molar-refractivity contribution in [2.75, 3.05) is 7.11 Å². The summed E-state index contributed by atoms with van der Waals surface area (Å²) >= 11 is 0. The van der Waals surface area contributed by atoms with Crippen LogP contribution in [0, 0.1) is 10.1 Å². The van der Waals surface area contributed by atoms with Gasteiger partial charge >= 0.3 is 5.69 Å². The minimum Gasteiger partial charge on any atom is -0.490 e. The Bertz CT molecular complexity index is 1230. The number of nitrogens with zero attached hydrogens (tertiary/aromatic N) is 1. The maximum absolute atomic E-state index is 12.5. The second-order valence-electron chi connectivity index (χ2n) is 5.78. The number of nitro benzene ring substituents is 1. The Kier molecular flexibility index (Phi) is 3.65. The van der Waals surface area contributed by atoms with Gasteiger partial charge in [0, 0.05) is 23.1 Å². The van der Waals surface area contributed by atoms with Crippen LogP contribution in [-0.4, -0.2) is 12.0 Å². The molecule has 0 saturated carbocycles. The van der Waals surface area contributed by atoms with Gasteiger partial charge in [-0.1, -0.05) is 30.3 Å². The average Bonchev–Trinajstić information content (AvgIpc) is 2.67. The van der Waals surface area contributed by atoms with Crippen LogP contribution in [0.15, 0.2) is 69.9 Å². The van der Waals surface area contributed by atoms with E-state index in [9.17, 15) is 14.9 Å². The second-order valence-corrected chi connectivity index (χ2v) is 5.78. The molecule has 0 fully saturated rings. The van der Waals surface area contributed by atoms with Crippen LogP contribution in [0.3, 0.4) is 0 Å². The molecule has 0 atom stereocenters. The molecule has 4 aromatic rings. The van der Waals surface area contributed by atoms with Crippen LogP contribution in [0.5, 0.6) is 5.75 Å². The molecule has 1 aromatic heterocycles. The summed E-state index contributed by atoms with van der Waals surface area (Å²) in [5.41, 5.74) is 0.691. The van der Waals surface area contributed by atoms with Crippen molar-refractivity contribution in [2.24, 2.45) is 0 Å². The van der Waals surface area contributed by atoms with Crippen molar-refractivity contribution in [1.82, 2.24) is 0 Å². The smallest absolute Gasteiger partial charge is 0.310 e. The van der Waals surface area contributed by atoms with Gasteiger partial charge in [0.15, 0.2) is 11.2 Å². The van der Waals surface area contributed by atoms with Gasteiger partial charge in [-0.05, 0) is 23.6 Å². The van der Waals surface area contributed by atoms with Gasteiger partial charge in [0.1, 0.15) is 11.3 Å². The van der Waals surface area contributed by atoms with Gasteiger partial charge in [0.2, 0.25) is 0 Å². The maximum Gasteiger partial charge on any atom is 0.310 e. The van der Waals surface area contributed by atoms with Crippen molar-refractivity contribution >= 4 is 27.4 Å². The van der Waals surface area contributed by atoms with Crippen molar-refractivity contribution < 1.29 is 14.1 Å². The molecule has 128 valence electrons. The molecule has 26 heavy (non-hydrogen) atoms. The van der Waals surface area contributed by atoms with Gasteiger partial charge in [-0.15, -0.1) is 0 Å². The van der Waals surface area contributed by atoms with Crippen LogP contribution in [0.25, 0.3) is 33.1 Å². The summed E-state index contributed by atoms with van der Waals surface area (Å²) in [5.74, 6) is 0.431. The molecule has 0 aliphatic carbocycles. The van der Waals surface area contributed by atoms with Gasteiger partial charge in [-0.25, -0.2) is 0 Å². The van der Waals surface area contributed by atoms with Crippen molar-refractivity contribution in [1.29, 1.82) is 0 Å². The van der Waals surface area contributed by atoms with Crippen LogP contribution < -0.4 is 10.2 Å². The molecule has 0 aliphatic rings. The lowest BCUT2D eigenvalue weighted by Gasteiger charge is -2.08. The first kappa shape index (κ1) is 15.8. The first-order valence-electron chi connectivity index (χ1n) is 7.87. The van der Waals surface area contributed by atoms with Gasteiger partial charge in [0.25, 0.3) is 0 Å². The third-order valence-corrected chi connectivity index (χ3v) is 4.28. The van der Waals surface area contributed by atoms with E-state index in [4.69, 9.17) is 9.15 Å². The van der Waals surface area contributed by atoms with E-state index in [2.05, 4.69) is 0 Å². The quantitative estimate of drug-likeness (QED) is 0.309. The molecule has 6 heteroatoms. The zero-order valence-corrected chi connectivity index (χ0v) is 13.8. The topological polar surface area (TPSA) is 82.6 Å². The number of fused-ring (bicyclic) bond motifs is 3. The molecule has 0 radical (unpaired) electrons. The summed E-state index contributed by atoms with van der Waals surface area (Å²) in [4.78, 5) is 23.1. The Balaban J connectivity index is 1.99. The van der Waals surface area contributed by atoms with Crippen LogP contribution in [0.1, 0.15) is 0 Å². The van der Waals surface area contributed by atoms with Crippen LogP contribution in [0.4, 0.5) is 5.69 Å². The fourth-order valence-electron chi connectivity index (χ4n) is 3.01. The zero-order valence-electron chi connectivity index (χ0n) is 13.8. The Morgan fingerprint density at radius 2 is 1.81 bits per heavy atom. The fourth-order valence-corrected chi connectivity index (χ4v) is 3.01. The highest BCUT2D eigenvalue weighted by Crippen LogP contribution is 2.33. The van der Waals surface area contributed by atoms with Crippen molar-refractivity contribution in [3.8, 4) is 17.1 Å². The van der Waals surface area contributed by atoms with E-state index in [1.165, 1.54) is 31.4 Å². The van der Waals surface area contributed by atoms with Crippen LogP contribution in [0.2, 0.25) is 0 Å². The third kappa shape index (κ3) is 2.48. The minimum absolute atomic E-state index is 0.105. The lowest BCUT2D eigenvalue weighted by molar-refractivity contribution is -0.385. The third-order valence-electron chi connectivity index (χ3n) is 4.28. The molecule has 0 bridgehead atoms. The van der Waals surface area contributed by atoms with E-state index in [0.717, 1.165) is 10.8 Å². The van der Waals surface area contributed by atoms with Crippen LogP contribution >= 0.6 is 0 Å². The highest BCUT2D eigenvalue weighted by molar-refractivity contribution is 6.04. The molecule has 0 saturated heterocycles. The second kappa shape index (κ2) is 6.00. The molecule has 4 rings (SSSR count). The maximum atomic E-state index is 12.5. The summed E-state index contributed by atoms with van der Waals surface area (Å²) in [5, 5.41) is 13.3. The number of nitro groups is 1. The highest BCUT2D eigenvalue weighted by atomic mass is 16.6. The monoisotopic (exact) mass is 347 g/mol. The SMILES string of the molecule is COc1cc(-c2cc(=O)c3ccc4ccccc4c3o2)ccc1[N+](=O)[O-]. The fraction of sp³-hybridized carbons (Fsp3) is 0.0500. The Morgan fingerprint density at radius 1 is 1.00 bits per heavy atom. The van der Waals surface area contributed by atoms with Crippen molar-refractivity contribution in [3.63, 3.8) is 0 Å². The van der Waals surface area contributed by atoms with Crippen molar-refractivity contribution in [2.45, 2.75) is 0 Å². The lowest BCUT2D eigenvalue weighted by atomic mass is 10.1. The first-order chi connectivity index (χ1) is 12.6. The Labute approximate surface area is 147 Å². The first-order valence-corrected chi connectivity index (χ1v) is 7.87. The van der Waals surface area contributed by atoms with Crippen LogP contribution in [-0.2, 0) is 0 Å². The minimum atomic E-state index is -0.521. The summed E-state index contributed by atoms with van der Waals surface area (Å²) in [6, 6.07) is 17.0. The predicted molar refractivity (Wildman–Crippen MR) is 98.6 cm³/mol. The molecule has 0 spiro atoms. The number of ether oxygens (including phenoxy) is 1. The average molecular weight is 347 g/mol. The van der Waals surface area contributed by atoms with E-state index in [-0.39, 0.29) is 16.9 Å². The molecular weight excluding hydrogens is 334 g/mol. The van der Waals surface area contributed by atoms with Gasteiger partial charge < -0.3 is 9.15 Å². The summed E-state index contributed by atoms with van der Waals surface area (Å²) in [6.07, 6.45) is 0. The lowest BCUT2D eigenvalue weighted by Crippen LogP contribution is -2.01. The molecule has 0 unspecified atom stereocenters. The number of hydrogen-bond acceptors (Lipinski definition) is 5. The van der Waals surface area contributed by atoms with E-state index in [1.54, 1.807) is 6.07 Å². The molecule has 0 N–H and O–H groups in total. The molecule has 3 aromatic carbocycles. The van der Waals surface area contributed by atoms with E-state index in [1.807, 2.05) is 30.3 Å². The largest absolute Gasteiger partial charge is 0.490 e. The number of hydrogen-bond donors (Lipinski definition) is 0. The van der Waals surface area contributed by atoms with E-state index in [0.29, 0.717) is 22.3 Å². The van der Waals surface area contributed by atoms with Crippen molar-refractivity contribution in [3.05, 3.63) is 81.0 Å². The molecule has 1 heterocycles. The molecule has 0 amide bonds. The summed E-state index contributed by atoms with van der Waals surface area (Å²) in [7, 11) is 1.36. The number of benzene rings is 3. The van der Waals surface area contributed by atoms with Gasteiger partial charge in [-0.3, -0.25) is 14.9 Å². The van der Waals surface area contributed by atoms with E-state index >= 15 is 0 Å². The highest BCUT2D eigenvalue weighted by Gasteiger charge is 2.17. The zero-order chi connectivity index (χ0) is 18.3. The summed E-state index contributed by atoms with van der Waals surface area (Å²) in [6.45, 7) is 0. The van der Waals surface area contributed by atoms with Gasteiger partial charge in [0.05, 0.1) is 17.4 Å². The molecular formula is C20H13NO5. The standard InChI is InChI=1S/C20H13NO5/c1-25-19-10-13(7-9-16(19)21(23)24)18-11-17(22)15-8-6-12-4-2-3-5-14(12)20(15)26-18/h2-11H,1H3. The van der Waals surface area contributed by atoms with Gasteiger partial charge in [-0.2, -0.15) is 0 Å². The predicted octanol–water partition coefficient (Wildman–Crippen LogP) is 4.53. The number of rotatable bonds is 3. The molecule has 6 nitrogen and oxygen atoms in total. The number of methoxy groups -OCH3 is 1. The Hall–Kier alpha value is -3.67. The van der Waals surface area contributed by atoms with E-state index < -0.39 is 4.92 Å². The summed E-state index contributed by atoms with van der Waals surface area (Å²) < 4.78 is 11.1. The normalized spacial score (nSPS) is 11.0. The molecule has 0 aliphatic heterocycles. The Morgan fingerprint density at radius 3 is 2.58 bits per heavy atom.